The quantitative estimate of drug-likeness (QED) is 0.358. The van der Waals surface area contributed by atoms with Gasteiger partial charge < -0.3 is 4.55 Å². The van der Waals surface area contributed by atoms with Crippen LogP contribution < -0.4 is 29.6 Å². The van der Waals surface area contributed by atoms with Crippen LogP contribution in [0.2, 0.25) is 0 Å². The Balaban J connectivity index is 0.00000196. The van der Waals surface area contributed by atoms with Gasteiger partial charge in [0, 0.05) is 0 Å². The summed E-state index contributed by atoms with van der Waals surface area (Å²) in [6.07, 6.45) is 4.63. The minimum atomic E-state index is -4.08. The molecule has 0 spiro atoms. The third kappa shape index (κ3) is 6.07. The van der Waals surface area contributed by atoms with Crippen LogP contribution in [0.15, 0.2) is 11.6 Å². The van der Waals surface area contributed by atoms with Crippen LogP contribution in [0.1, 0.15) is 33.1 Å². The van der Waals surface area contributed by atoms with E-state index in [1.807, 2.05) is 6.08 Å². The smallest absolute Gasteiger partial charge is 0.748 e. The van der Waals surface area contributed by atoms with Crippen molar-refractivity contribution in [2.45, 2.75) is 33.1 Å². The fraction of sp³-hybridized carbons (Fsp3) is 0.800. The van der Waals surface area contributed by atoms with E-state index in [0.717, 1.165) is 24.8 Å². The molecule has 3 nitrogen and oxygen atoms in total. The van der Waals surface area contributed by atoms with E-state index in [9.17, 15) is 13.0 Å². The number of hydrogen-bond acceptors (Lipinski definition) is 3. The van der Waals surface area contributed by atoms with Gasteiger partial charge in [-0.25, -0.2) is 8.42 Å². The zero-order chi connectivity index (χ0) is 10.8. The van der Waals surface area contributed by atoms with E-state index in [0.29, 0.717) is 11.8 Å². The first-order valence-corrected chi connectivity index (χ1v) is 6.57. The molecule has 0 amide bonds. The van der Waals surface area contributed by atoms with Gasteiger partial charge >= 0.3 is 29.6 Å². The van der Waals surface area contributed by atoms with E-state index in [2.05, 4.69) is 13.8 Å². The van der Waals surface area contributed by atoms with Crippen LogP contribution >= 0.6 is 0 Å². The van der Waals surface area contributed by atoms with E-state index in [4.69, 9.17) is 0 Å². The summed E-state index contributed by atoms with van der Waals surface area (Å²) < 4.78 is 31.6. The van der Waals surface area contributed by atoms with E-state index >= 15 is 0 Å². The second-order valence-electron chi connectivity index (χ2n) is 4.34. The molecule has 82 valence electrons. The van der Waals surface area contributed by atoms with Gasteiger partial charge in [0.1, 0.15) is 0 Å². The Bertz CT molecular complexity index is 320. The van der Waals surface area contributed by atoms with Gasteiger partial charge in [-0.3, -0.25) is 0 Å². The van der Waals surface area contributed by atoms with Gasteiger partial charge in [-0.1, -0.05) is 25.5 Å². The van der Waals surface area contributed by atoms with Crippen molar-refractivity contribution in [2.75, 3.05) is 5.75 Å². The molecule has 0 heterocycles. The van der Waals surface area contributed by atoms with Crippen molar-refractivity contribution < 1.29 is 42.5 Å². The van der Waals surface area contributed by atoms with E-state index < -0.39 is 10.1 Å². The SMILES string of the molecule is CC(C)C1CC=C(CS(=O)(=O)[O-])CC1.[Na+]. The minimum Gasteiger partial charge on any atom is -0.748 e. The molecule has 1 rings (SSSR count). The summed E-state index contributed by atoms with van der Waals surface area (Å²) in [4.78, 5) is 0. The number of allylic oxidation sites excluding steroid dienone is 1. The third-order valence-electron chi connectivity index (χ3n) is 2.85. The molecule has 1 aliphatic rings. The minimum absolute atomic E-state index is 0. The van der Waals surface area contributed by atoms with Gasteiger partial charge in [0.25, 0.3) is 0 Å². The fourth-order valence-corrected chi connectivity index (χ4v) is 2.59. The average Bonchev–Trinajstić information content (AvgIpc) is 2.02. The van der Waals surface area contributed by atoms with Crippen LogP contribution in [0, 0.1) is 11.8 Å². The molecular formula is C10H17NaO3S. The van der Waals surface area contributed by atoms with Gasteiger partial charge in [-0.05, 0) is 31.1 Å². The first-order chi connectivity index (χ1) is 6.38. The Labute approximate surface area is 114 Å². The maximum atomic E-state index is 10.5. The molecule has 0 radical (unpaired) electrons. The van der Waals surface area contributed by atoms with Crippen molar-refractivity contribution in [3.8, 4) is 0 Å². The Kier molecular flexibility index (Phi) is 6.68. The predicted octanol–water partition coefficient (Wildman–Crippen LogP) is -1.08. The van der Waals surface area contributed by atoms with Gasteiger partial charge in [0.2, 0.25) is 0 Å². The fourth-order valence-electron chi connectivity index (χ4n) is 1.87. The van der Waals surface area contributed by atoms with Crippen molar-refractivity contribution in [3.63, 3.8) is 0 Å². The Morgan fingerprint density at radius 2 is 2.13 bits per heavy atom. The van der Waals surface area contributed by atoms with Crippen LogP contribution in [0.25, 0.3) is 0 Å². The molecule has 5 heteroatoms. The summed E-state index contributed by atoms with van der Waals surface area (Å²) in [7, 11) is -4.08. The number of rotatable bonds is 3. The molecule has 15 heavy (non-hydrogen) atoms. The van der Waals surface area contributed by atoms with Crippen molar-refractivity contribution in [1.82, 2.24) is 0 Å². The molecule has 0 fully saturated rings. The molecule has 0 aromatic carbocycles. The summed E-state index contributed by atoms with van der Waals surface area (Å²) in [6.45, 7) is 4.35. The van der Waals surface area contributed by atoms with E-state index in [-0.39, 0.29) is 35.3 Å². The van der Waals surface area contributed by atoms with E-state index in [1.165, 1.54) is 0 Å². The molecule has 0 aliphatic heterocycles. The third-order valence-corrected chi connectivity index (χ3v) is 3.57. The summed E-state index contributed by atoms with van der Waals surface area (Å²) >= 11 is 0. The van der Waals surface area contributed by atoms with Crippen molar-refractivity contribution in [2.24, 2.45) is 11.8 Å². The van der Waals surface area contributed by atoms with Crippen molar-refractivity contribution in [3.05, 3.63) is 11.6 Å². The van der Waals surface area contributed by atoms with Crippen molar-refractivity contribution in [1.29, 1.82) is 0 Å². The monoisotopic (exact) mass is 240 g/mol. The largest absolute Gasteiger partial charge is 1.00 e. The molecule has 1 aliphatic carbocycles. The standard InChI is InChI=1S/C10H18O3S.Na/c1-8(2)10-5-3-9(4-6-10)7-14(11,12)13;/h3,8,10H,4-7H2,1-2H3,(H,11,12,13);/q;+1/p-1. The summed E-state index contributed by atoms with van der Waals surface area (Å²) in [5, 5.41) is 0. The average molecular weight is 240 g/mol. The van der Waals surface area contributed by atoms with Gasteiger partial charge in [-0.15, -0.1) is 0 Å². The Morgan fingerprint density at radius 3 is 2.47 bits per heavy atom. The first-order valence-electron chi connectivity index (χ1n) is 5.00. The molecule has 0 N–H and O–H groups in total. The molecule has 0 aromatic heterocycles. The molecule has 0 aromatic rings. The normalized spacial score (nSPS) is 22.1. The summed E-state index contributed by atoms with van der Waals surface area (Å²) in [6, 6.07) is 0. The summed E-state index contributed by atoms with van der Waals surface area (Å²) in [5.41, 5.74) is 0.803. The second-order valence-corrected chi connectivity index (χ2v) is 5.75. The zero-order valence-corrected chi connectivity index (χ0v) is 12.5. The molecule has 0 saturated carbocycles. The van der Waals surface area contributed by atoms with Gasteiger partial charge in [0.15, 0.2) is 0 Å². The first kappa shape index (κ1) is 15.7. The van der Waals surface area contributed by atoms with Crippen molar-refractivity contribution >= 4 is 10.1 Å². The molecule has 0 bridgehead atoms. The zero-order valence-electron chi connectivity index (χ0n) is 9.69. The Morgan fingerprint density at radius 1 is 1.53 bits per heavy atom. The van der Waals surface area contributed by atoms with Crippen LogP contribution in [-0.2, 0) is 10.1 Å². The van der Waals surface area contributed by atoms with Crippen LogP contribution in [-0.4, -0.2) is 18.7 Å². The number of hydrogen-bond donors (Lipinski definition) is 0. The molecular weight excluding hydrogens is 223 g/mol. The summed E-state index contributed by atoms with van der Waals surface area (Å²) in [5.74, 6) is 0.988. The maximum absolute atomic E-state index is 10.5. The predicted molar refractivity (Wildman–Crippen MR) is 54.8 cm³/mol. The second kappa shape index (κ2) is 6.40. The van der Waals surface area contributed by atoms with Crippen LogP contribution in [0.3, 0.4) is 0 Å². The maximum Gasteiger partial charge on any atom is 1.00 e. The Hall–Kier alpha value is 0.650. The van der Waals surface area contributed by atoms with Gasteiger partial charge in [-0.2, -0.15) is 0 Å². The van der Waals surface area contributed by atoms with E-state index in [1.54, 1.807) is 0 Å². The molecule has 1 unspecified atom stereocenters. The molecule has 0 saturated heterocycles. The topological polar surface area (TPSA) is 57.2 Å². The van der Waals surface area contributed by atoms with Gasteiger partial charge in [0.05, 0.1) is 15.9 Å². The molecule has 1 atom stereocenters. The van der Waals surface area contributed by atoms with Crippen LogP contribution in [0.4, 0.5) is 0 Å². The van der Waals surface area contributed by atoms with Crippen LogP contribution in [0.5, 0.6) is 0 Å².